The van der Waals surface area contributed by atoms with E-state index in [0.29, 0.717) is 5.75 Å². The summed E-state index contributed by atoms with van der Waals surface area (Å²) in [7, 11) is 1.57. The van der Waals surface area contributed by atoms with Gasteiger partial charge in [0.1, 0.15) is 5.75 Å². The Morgan fingerprint density at radius 3 is 2.75 bits per heavy atom. The van der Waals surface area contributed by atoms with Crippen molar-refractivity contribution in [2.45, 2.75) is 26.8 Å². The highest BCUT2D eigenvalue weighted by Crippen LogP contribution is 2.32. The minimum absolute atomic E-state index is 0.239. The Labute approximate surface area is 117 Å². The van der Waals surface area contributed by atoms with Crippen molar-refractivity contribution in [3.05, 3.63) is 35.7 Å². The average Bonchev–Trinajstić information content (AvgIpc) is 2.79. The molecular formula is C15H18N2O3. The van der Waals surface area contributed by atoms with Crippen LogP contribution in [0.2, 0.25) is 0 Å². The summed E-state index contributed by atoms with van der Waals surface area (Å²) in [5.74, 6) is -0.304. The fraction of sp³-hybridized carbons (Fsp3) is 0.333. The maximum absolute atomic E-state index is 11.1. The van der Waals surface area contributed by atoms with Gasteiger partial charge in [-0.2, -0.15) is 5.10 Å². The number of methoxy groups -OCH3 is 1. The largest absolute Gasteiger partial charge is 0.496 e. The molecule has 0 unspecified atom stereocenters. The first kappa shape index (κ1) is 14.1. The Hall–Kier alpha value is -2.30. The van der Waals surface area contributed by atoms with E-state index in [1.807, 2.05) is 17.8 Å². The van der Waals surface area contributed by atoms with Gasteiger partial charge in [0, 0.05) is 23.9 Å². The van der Waals surface area contributed by atoms with Crippen molar-refractivity contribution in [3.8, 4) is 16.9 Å². The lowest BCUT2D eigenvalue weighted by molar-refractivity contribution is 0.0697. The first-order valence-electron chi connectivity index (χ1n) is 6.52. The van der Waals surface area contributed by atoms with E-state index in [0.717, 1.165) is 29.8 Å². The second-order valence-electron chi connectivity index (χ2n) is 4.61. The number of carboxylic acid groups (broad SMARTS) is 1. The van der Waals surface area contributed by atoms with E-state index < -0.39 is 5.97 Å². The number of hydrogen-bond acceptors (Lipinski definition) is 3. The third-order valence-electron chi connectivity index (χ3n) is 3.14. The zero-order valence-electron chi connectivity index (χ0n) is 11.9. The van der Waals surface area contributed by atoms with Crippen molar-refractivity contribution in [2.24, 2.45) is 0 Å². The van der Waals surface area contributed by atoms with Crippen molar-refractivity contribution < 1.29 is 14.6 Å². The molecular weight excluding hydrogens is 256 g/mol. The van der Waals surface area contributed by atoms with E-state index >= 15 is 0 Å². The minimum Gasteiger partial charge on any atom is -0.496 e. The number of aromatic nitrogens is 2. The predicted molar refractivity (Wildman–Crippen MR) is 76.2 cm³/mol. The van der Waals surface area contributed by atoms with Crippen LogP contribution in [0.25, 0.3) is 11.1 Å². The third kappa shape index (κ3) is 2.66. The van der Waals surface area contributed by atoms with Crippen LogP contribution in [0, 0.1) is 6.92 Å². The molecule has 0 aliphatic rings. The molecule has 1 aromatic heterocycles. The van der Waals surface area contributed by atoms with Crippen molar-refractivity contribution in [1.82, 2.24) is 9.78 Å². The van der Waals surface area contributed by atoms with Gasteiger partial charge in [0.15, 0.2) is 0 Å². The van der Waals surface area contributed by atoms with Crippen LogP contribution in [0.5, 0.6) is 5.75 Å². The monoisotopic (exact) mass is 274 g/mol. The maximum Gasteiger partial charge on any atom is 0.335 e. The van der Waals surface area contributed by atoms with Crippen LogP contribution in [0.15, 0.2) is 24.4 Å². The van der Waals surface area contributed by atoms with E-state index in [1.165, 1.54) is 6.07 Å². The average molecular weight is 274 g/mol. The van der Waals surface area contributed by atoms with Gasteiger partial charge in [0.2, 0.25) is 0 Å². The minimum atomic E-state index is -0.951. The lowest BCUT2D eigenvalue weighted by Gasteiger charge is -2.08. The summed E-state index contributed by atoms with van der Waals surface area (Å²) >= 11 is 0. The van der Waals surface area contributed by atoms with Crippen LogP contribution in [0.1, 0.15) is 29.4 Å². The van der Waals surface area contributed by atoms with E-state index in [4.69, 9.17) is 9.84 Å². The Kier molecular flexibility index (Phi) is 4.08. The van der Waals surface area contributed by atoms with Gasteiger partial charge in [0.25, 0.3) is 0 Å². The number of nitrogens with zero attached hydrogens (tertiary/aromatic N) is 2. The Morgan fingerprint density at radius 2 is 2.15 bits per heavy atom. The molecule has 0 fully saturated rings. The van der Waals surface area contributed by atoms with Gasteiger partial charge >= 0.3 is 5.97 Å². The SMILES string of the molecule is CCCn1cc(-c2cc(C(=O)O)ccc2OC)c(C)n1. The van der Waals surface area contributed by atoms with Gasteiger partial charge in [-0.25, -0.2) is 4.79 Å². The molecule has 0 aliphatic carbocycles. The molecule has 0 saturated carbocycles. The van der Waals surface area contributed by atoms with Gasteiger partial charge in [-0.1, -0.05) is 6.92 Å². The molecule has 106 valence electrons. The third-order valence-corrected chi connectivity index (χ3v) is 3.14. The lowest BCUT2D eigenvalue weighted by atomic mass is 10.0. The Bertz CT molecular complexity index is 632. The number of benzene rings is 1. The first-order valence-corrected chi connectivity index (χ1v) is 6.52. The van der Waals surface area contributed by atoms with Crippen LogP contribution in [-0.4, -0.2) is 28.0 Å². The van der Waals surface area contributed by atoms with Crippen molar-refractivity contribution in [3.63, 3.8) is 0 Å². The molecule has 5 heteroatoms. The fourth-order valence-electron chi connectivity index (χ4n) is 2.18. The van der Waals surface area contributed by atoms with E-state index in [1.54, 1.807) is 19.2 Å². The number of aryl methyl sites for hydroxylation is 2. The molecule has 2 aromatic rings. The van der Waals surface area contributed by atoms with Crippen molar-refractivity contribution >= 4 is 5.97 Å². The summed E-state index contributed by atoms with van der Waals surface area (Å²) < 4.78 is 7.20. The van der Waals surface area contributed by atoms with Crippen LogP contribution < -0.4 is 4.74 Å². The highest BCUT2D eigenvalue weighted by molar-refractivity contribution is 5.90. The Balaban J connectivity index is 2.54. The molecule has 1 heterocycles. The summed E-state index contributed by atoms with van der Waals surface area (Å²) in [6.45, 7) is 4.83. The number of carbonyl (C=O) groups is 1. The quantitative estimate of drug-likeness (QED) is 0.910. The smallest absolute Gasteiger partial charge is 0.335 e. The van der Waals surface area contributed by atoms with Crippen molar-refractivity contribution in [2.75, 3.05) is 7.11 Å². The predicted octanol–water partition coefficient (Wildman–Crippen LogP) is 2.98. The lowest BCUT2D eigenvalue weighted by Crippen LogP contribution is -1.98. The summed E-state index contributed by atoms with van der Waals surface area (Å²) in [5, 5.41) is 13.6. The Morgan fingerprint density at radius 1 is 1.40 bits per heavy atom. The molecule has 0 amide bonds. The number of rotatable bonds is 5. The fourth-order valence-corrected chi connectivity index (χ4v) is 2.18. The second-order valence-corrected chi connectivity index (χ2v) is 4.61. The summed E-state index contributed by atoms with van der Waals surface area (Å²) in [6, 6.07) is 4.84. The van der Waals surface area contributed by atoms with Gasteiger partial charge in [-0.15, -0.1) is 0 Å². The van der Waals surface area contributed by atoms with E-state index in [-0.39, 0.29) is 5.56 Å². The molecule has 2 rings (SSSR count). The van der Waals surface area contributed by atoms with Crippen LogP contribution >= 0.6 is 0 Å². The van der Waals surface area contributed by atoms with Crippen LogP contribution in [0.4, 0.5) is 0 Å². The zero-order valence-corrected chi connectivity index (χ0v) is 11.9. The van der Waals surface area contributed by atoms with E-state index in [9.17, 15) is 4.79 Å². The van der Waals surface area contributed by atoms with Gasteiger partial charge in [-0.05, 0) is 31.5 Å². The zero-order chi connectivity index (χ0) is 14.7. The van der Waals surface area contributed by atoms with Crippen LogP contribution in [-0.2, 0) is 6.54 Å². The number of hydrogen-bond donors (Lipinski definition) is 1. The molecule has 0 saturated heterocycles. The molecule has 20 heavy (non-hydrogen) atoms. The molecule has 1 N–H and O–H groups in total. The molecule has 1 aromatic carbocycles. The first-order chi connectivity index (χ1) is 9.56. The normalized spacial score (nSPS) is 10.6. The molecule has 5 nitrogen and oxygen atoms in total. The second kappa shape index (κ2) is 5.77. The molecule has 0 aliphatic heterocycles. The maximum atomic E-state index is 11.1. The molecule has 0 spiro atoms. The molecule has 0 bridgehead atoms. The summed E-state index contributed by atoms with van der Waals surface area (Å²) in [5.41, 5.74) is 2.76. The summed E-state index contributed by atoms with van der Waals surface area (Å²) in [4.78, 5) is 11.1. The van der Waals surface area contributed by atoms with Gasteiger partial charge in [0.05, 0.1) is 18.4 Å². The van der Waals surface area contributed by atoms with E-state index in [2.05, 4.69) is 12.0 Å². The van der Waals surface area contributed by atoms with Crippen LogP contribution in [0.3, 0.4) is 0 Å². The highest BCUT2D eigenvalue weighted by atomic mass is 16.5. The highest BCUT2D eigenvalue weighted by Gasteiger charge is 2.15. The number of carboxylic acids is 1. The topological polar surface area (TPSA) is 64.4 Å². The van der Waals surface area contributed by atoms with Gasteiger partial charge < -0.3 is 9.84 Å². The standard InChI is InChI=1S/C15H18N2O3/c1-4-7-17-9-13(10(2)16-17)12-8-11(15(18)19)5-6-14(12)20-3/h5-6,8-9H,4,7H2,1-3H3,(H,18,19). The number of ether oxygens (including phenoxy) is 1. The summed E-state index contributed by atoms with van der Waals surface area (Å²) in [6.07, 6.45) is 2.93. The number of aromatic carboxylic acids is 1. The van der Waals surface area contributed by atoms with Crippen molar-refractivity contribution in [1.29, 1.82) is 0 Å². The molecule has 0 atom stereocenters. The van der Waals surface area contributed by atoms with Gasteiger partial charge in [-0.3, -0.25) is 4.68 Å². The molecule has 0 radical (unpaired) electrons.